The van der Waals surface area contributed by atoms with Crippen molar-refractivity contribution in [3.8, 4) is 0 Å². The number of benzene rings is 1. The Morgan fingerprint density at radius 3 is 2.23 bits per heavy atom. The quantitative estimate of drug-likeness (QED) is 0.619. The lowest BCUT2D eigenvalue weighted by atomic mass is 10.1. The minimum absolute atomic E-state index is 0.00999. The topological polar surface area (TPSA) is 88.2 Å². The lowest BCUT2D eigenvalue weighted by molar-refractivity contribution is 0.101. The zero-order valence-electron chi connectivity index (χ0n) is 14.2. The lowest BCUT2D eigenvalue weighted by Gasteiger charge is -2.09. The van der Waals surface area contributed by atoms with E-state index in [0.29, 0.717) is 11.3 Å². The summed E-state index contributed by atoms with van der Waals surface area (Å²) in [5, 5.41) is 3.15. The van der Waals surface area contributed by atoms with E-state index in [-0.39, 0.29) is 15.8 Å². The molecule has 0 spiro atoms. The molecule has 26 heavy (non-hydrogen) atoms. The van der Waals surface area contributed by atoms with Crippen molar-refractivity contribution in [1.82, 2.24) is 4.98 Å². The van der Waals surface area contributed by atoms with Crippen LogP contribution in [-0.4, -0.2) is 19.2 Å². The van der Waals surface area contributed by atoms with Gasteiger partial charge in [-0.1, -0.05) is 0 Å². The Kier molecular flexibility index (Phi) is 5.06. The summed E-state index contributed by atoms with van der Waals surface area (Å²) in [6, 6.07) is 13.7. The number of carbonyl (C=O) groups excluding carboxylic acids is 1. The lowest BCUT2D eigenvalue weighted by Crippen LogP contribution is -2.12. The first-order valence-electron chi connectivity index (χ1n) is 7.77. The highest BCUT2D eigenvalue weighted by atomic mass is 32.2. The van der Waals surface area contributed by atoms with Crippen LogP contribution in [-0.2, 0) is 10.0 Å². The van der Waals surface area contributed by atoms with Crippen LogP contribution in [0.2, 0.25) is 0 Å². The molecule has 0 saturated heterocycles. The Morgan fingerprint density at radius 2 is 1.69 bits per heavy atom. The van der Waals surface area contributed by atoms with E-state index in [9.17, 15) is 13.2 Å². The number of rotatable bonds is 6. The van der Waals surface area contributed by atoms with Gasteiger partial charge in [-0.15, -0.1) is 11.3 Å². The molecule has 1 aromatic carbocycles. The third kappa shape index (κ3) is 4.27. The molecule has 0 unspecified atom stereocenters. The normalized spacial score (nSPS) is 11.2. The zero-order chi connectivity index (χ0) is 18.7. The summed E-state index contributed by atoms with van der Waals surface area (Å²) in [4.78, 5) is 16.3. The highest BCUT2D eigenvalue weighted by Crippen LogP contribution is 2.23. The smallest absolute Gasteiger partial charge is 0.272 e. The summed E-state index contributed by atoms with van der Waals surface area (Å²) in [6.07, 6.45) is 1.54. The number of pyridine rings is 1. The van der Waals surface area contributed by atoms with Crippen LogP contribution in [0.4, 0.5) is 17.2 Å². The molecule has 2 heterocycles. The predicted octanol–water partition coefficient (Wildman–Crippen LogP) is 4.20. The molecule has 0 bridgehead atoms. The number of nitrogens with one attached hydrogen (secondary N) is 2. The molecule has 0 amide bonds. The largest absolute Gasteiger partial charge is 0.354 e. The Morgan fingerprint density at radius 1 is 1.00 bits per heavy atom. The Hall–Kier alpha value is -2.71. The van der Waals surface area contributed by atoms with Gasteiger partial charge in [0.05, 0.1) is 11.9 Å². The number of thiophene rings is 1. The molecule has 0 saturated carbocycles. The van der Waals surface area contributed by atoms with Gasteiger partial charge in [-0.2, -0.15) is 0 Å². The van der Waals surface area contributed by atoms with E-state index in [0.717, 1.165) is 10.6 Å². The number of hydrogen-bond acceptors (Lipinski definition) is 6. The van der Waals surface area contributed by atoms with Gasteiger partial charge in [0.2, 0.25) is 0 Å². The minimum atomic E-state index is -3.62. The second-order valence-corrected chi connectivity index (χ2v) is 8.86. The van der Waals surface area contributed by atoms with Gasteiger partial charge in [-0.05, 0) is 62.4 Å². The minimum Gasteiger partial charge on any atom is -0.354 e. The number of anilines is 3. The fraction of sp³-hybridized carbons (Fsp3) is 0.111. The van der Waals surface area contributed by atoms with E-state index < -0.39 is 10.0 Å². The van der Waals surface area contributed by atoms with E-state index in [2.05, 4.69) is 15.0 Å². The van der Waals surface area contributed by atoms with Crippen molar-refractivity contribution in [3.05, 3.63) is 65.2 Å². The van der Waals surface area contributed by atoms with Crippen LogP contribution in [0.5, 0.6) is 0 Å². The molecule has 0 aliphatic carbocycles. The van der Waals surface area contributed by atoms with Gasteiger partial charge in [0.1, 0.15) is 10.0 Å². The molecule has 2 aromatic heterocycles. The number of sulfonamides is 1. The van der Waals surface area contributed by atoms with Gasteiger partial charge in [-0.3, -0.25) is 9.52 Å². The molecule has 0 atom stereocenters. The average Bonchev–Trinajstić information content (AvgIpc) is 3.04. The summed E-state index contributed by atoms with van der Waals surface area (Å²) in [5.41, 5.74) is 2.15. The fourth-order valence-electron chi connectivity index (χ4n) is 2.23. The Labute approximate surface area is 156 Å². The van der Waals surface area contributed by atoms with Crippen molar-refractivity contribution in [3.63, 3.8) is 0 Å². The molecular weight excluding hydrogens is 370 g/mol. The molecule has 0 aliphatic rings. The summed E-state index contributed by atoms with van der Waals surface area (Å²) in [5.74, 6) is 0.254. The molecule has 3 aromatic rings. The molecule has 0 radical (unpaired) electrons. The van der Waals surface area contributed by atoms with Gasteiger partial charge in [0.25, 0.3) is 10.0 Å². The van der Waals surface area contributed by atoms with Crippen molar-refractivity contribution in [1.29, 1.82) is 0 Å². The summed E-state index contributed by atoms with van der Waals surface area (Å²) in [6.45, 7) is 3.37. The first kappa shape index (κ1) is 18.1. The number of carbonyl (C=O) groups is 1. The molecule has 8 heteroatoms. The van der Waals surface area contributed by atoms with Crippen molar-refractivity contribution in [2.45, 2.75) is 18.1 Å². The number of hydrogen-bond donors (Lipinski definition) is 2. The van der Waals surface area contributed by atoms with E-state index in [1.54, 1.807) is 48.5 Å². The van der Waals surface area contributed by atoms with Crippen LogP contribution < -0.4 is 10.0 Å². The first-order valence-corrected chi connectivity index (χ1v) is 10.1. The van der Waals surface area contributed by atoms with Crippen LogP contribution in [0.15, 0.2) is 58.9 Å². The molecule has 0 fully saturated rings. The van der Waals surface area contributed by atoms with Gasteiger partial charge in [0, 0.05) is 16.1 Å². The molecule has 0 aliphatic heterocycles. The maximum Gasteiger partial charge on any atom is 0.272 e. The molecular formula is C18H17N3O3S2. The maximum absolute atomic E-state index is 12.3. The van der Waals surface area contributed by atoms with Crippen LogP contribution >= 0.6 is 11.3 Å². The molecule has 6 nitrogen and oxygen atoms in total. The number of aryl methyl sites for hydroxylation is 1. The van der Waals surface area contributed by atoms with E-state index in [4.69, 9.17) is 0 Å². The highest BCUT2D eigenvalue weighted by Gasteiger charge is 2.16. The Bertz CT molecular complexity index is 1020. The van der Waals surface area contributed by atoms with Crippen molar-refractivity contribution < 1.29 is 13.2 Å². The van der Waals surface area contributed by atoms with E-state index >= 15 is 0 Å². The van der Waals surface area contributed by atoms with E-state index in [1.807, 2.05) is 6.92 Å². The third-order valence-electron chi connectivity index (χ3n) is 3.56. The summed E-state index contributed by atoms with van der Waals surface area (Å²) >= 11 is 1.21. The number of nitrogens with zero attached hydrogens (tertiary/aromatic N) is 1. The standard InChI is InChI=1S/C18H17N3O3S2/c1-12-3-10-18(25-12)26(23,24)21-17-9-8-16(11-19-17)20-15-6-4-14(5-7-15)13(2)22/h3-11,20H,1-2H3,(H,19,21). The Balaban J connectivity index is 1.69. The van der Waals surface area contributed by atoms with Crippen molar-refractivity contribution >= 4 is 44.3 Å². The first-order chi connectivity index (χ1) is 12.3. The van der Waals surface area contributed by atoms with E-state index in [1.165, 1.54) is 24.5 Å². The van der Waals surface area contributed by atoms with Crippen LogP contribution in [0.3, 0.4) is 0 Å². The highest BCUT2D eigenvalue weighted by molar-refractivity contribution is 7.94. The SMILES string of the molecule is CC(=O)c1ccc(Nc2ccc(NS(=O)(=O)c3ccc(C)s3)nc2)cc1. The van der Waals surface area contributed by atoms with Crippen LogP contribution in [0.1, 0.15) is 22.2 Å². The summed E-state index contributed by atoms with van der Waals surface area (Å²) in [7, 11) is -3.62. The van der Waals surface area contributed by atoms with Crippen LogP contribution in [0, 0.1) is 6.92 Å². The van der Waals surface area contributed by atoms with Gasteiger partial charge >= 0.3 is 0 Å². The second kappa shape index (κ2) is 7.27. The molecule has 2 N–H and O–H groups in total. The average molecular weight is 387 g/mol. The molecule has 134 valence electrons. The zero-order valence-corrected chi connectivity index (χ0v) is 15.8. The van der Waals surface area contributed by atoms with Crippen molar-refractivity contribution in [2.75, 3.05) is 10.0 Å². The number of Topliss-reactive ketones (excluding diaryl/α,β-unsaturated/α-hetero) is 1. The summed E-state index contributed by atoms with van der Waals surface area (Å²) < 4.78 is 27.3. The van der Waals surface area contributed by atoms with Gasteiger partial charge < -0.3 is 5.32 Å². The van der Waals surface area contributed by atoms with Crippen LogP contribution in [0.25, 0.3) is 0 Å². The third-order valence-corrected chi connectivity index (χ3v) is 6.41. The maximum atomic E-state index is 12.3. The molecule has 3 rings (SSSR count). The van der Waals surface area contributed by atoms with Gasteiger partial charge in [0.15, 0.2) is 5.78 Å². The fourth-order valence-corrected chi connectivity index (χ4v) is 4.52. The number of aromatic nitrogens is 1. The predicted molar refractivity (Wildman–Crippen MR) is 104 cm³/mol. The van der Waals surface area contributed by atoms with Crippen molar-refractivity contribution in [2.24, 2.45) is 0 Å². The van der Waals surface area contributed by atoms with Gasteiger partial charge in [-0.25, -0.2) is 13.4 Å². The second-order valence-electron chi connectivity index (χ2n) is 5.66. The number of ketones is 1. The monoisotopic (exact) mass is 387 g/mol.